The minimum atomic E-state index is -1.00. The molecule has 9 heteroatoms. The van der Waals surface area contributed by atoms with E-state index in [9.17, 15) is 0 Å². The predicted molar refractivity (Wildman–Crippen MR) is 337 cm³/mol. The third-order valence-corrected chi connectivity index (χ3v) is 18.8. The number of halogens is 1. The summed E-state index contributed by atoms with van der Waals surface area (Å²) in [6, 6.07) is 65.3. The van der Waals surface area contributed by atoms with Crippen LogP contribution in [0.2, 0.25) is 0 Å². The summed E-state index contributed by atoms with van der Waals surface area (Å²) in [6.45, 7) is 16.6. The van der Waals surface area contributed by atoms with Gasteiger partial charge in [0.15, 0.2) is 0 Å². The second-order valence-electron chi connectivity index (χ2n) is 21.7. The Morgan fingerprint density at radius 1 is 0.557 bits per heavy atom. The molecule has 3 unspecified atom stereocenters. The molecule has 6 aromatic carbocycles. The number of hydrogen-bond donors (Lipinski definition) is 1. The fourth-order valence-electron chi connectivity index (χ4n) is 11.6. The Hall–Kier alpha value is -4.36. The molecule has 5 aliphatic rings. The van der Waals surface area contributed by atoms with Crippen molar-refractivity contribution in [2.24, 2.45) is 11.8 Å². The summed E-state index contributed by atoms with van der Waals surface area (Å²) in [5.74, 6) is 1.65. The molecule has 0 aromatic heterocycles. The van der Waals surface area contributed by atoms with Gasteiger partial charge in [0.05, 0.1) is 0 Å². The molecule has 3 heterocycles. The Morgan fingerprint density at radius 3 is 1.41 bits per heavy atom. The van der Waals surface area contributed by atoms with Crippen LogP contribution >= 0.6 is 17.8 Å². The first-order valence-corrected chi connectivity index (χ1v) is 32.9. The van der Waals surface area contributed by atoms with Gasteiger partial charge in [-0.2, -0.15) is 4.67 Å². The molecule has 79 heavy (non-hydrogen) atoms. The molecular weight excluding hydrogens is 1090 g/mol. The van der Waals surface area contributed by atoms with E-state index in [1.807, 2.05) is 35.5 Å². The van der Waals surface area contributed by atoms with E-state index >= 15 is 0 Å². The number of nitrogens with one attached hydrogen (secondary N) is 1. The third kappa shape index (κ3) is 21.2. The number of hydrogen-bond acceptors (Lipinski definition) is 6. The molecule has 420 valence electrons. The summed E-state index contributed by atoms with van der Waals surface area (Å²) < 4.78 is 2.78. The van der Waals surface area contributed by atoms with Crippen LogP contribution in [0.25, 0.3) is 0 Å². The maximum atomic E-state index is 4.53. The molecule has 2 saturated carbocycles. The van der Waals surface area contributed by atoms with Gasteiger partial charge in [-0.1, -0.05) is 239 Å². The van der Waals surface area contributed by atoms with Crippen LogP contribution in [-0.2, 0) is 43.5 Å². The number of benzene rings is 6. The van der Waals surface area contributed by atoms with Gasteiger partial charge in [0.25, 0.3) is 0 Å². The van der Waals surface area contributed by atoms with Crippen LogP contribution in [-0.4, -0.2) is 81.9 Å². The van der Waals surface area contributed by atoms with E-state index in [2.05, 4.69) is 260 Å². The van der Waals surface area contributed by atoms with Gasteiger partial charge in [0.2, 0.25) is 0 Å². The van der Waals surface area contributed by atoms with Crippen molar-refractivity contribution in [1.82, 2.24) is 29.6 Å². The topological polar surface area (TPSA) is 28.2 Å². The van der Waals surface area contributed by atoms with Crippen molar-refractivity contribution in [3.8, 4) is 0 Å². The first kappa shape index (κ1) is 62.2. The summed E-state index contributed by atoms with van der Waals surface area (Å²) in [7, 11) is 7.82. The molecule has 0 spiro atoms. The van der Waals surface area contributed by atoms with Crippen molar-refractivity contribution in [1.29, 1.82) is 0 Å². The number of rotatable bonds is 16. The van der Waals surface area contributed by atoms with Gasteiger partial charge in [-0.3, -0.25) is 18.4 Å². The van der Waals surface area contributed by atoms with Gasteiger partial charge in [0, 0.05) is 64.9 Å². The Labute approximate surface area is 493 Å². The van der Waals surface area contributed by atoms with E-state index in [4.69, 9.17) is 0 Å². The predicted octanol–water partition coefficient (Wildman–Crippen LogP) is 14.8. The van der Waals surface area contributed by atoms with E-state index in [-0.39, 0.29) is 0 Å². The summed E-state index contributed by atoms with van der Waals surface area (Å²) in [6.07, 6.45) is 28.6. The monoisotopic (exact) mass is 1180 g/mol. The molecule has 3 atom stereocenters. The van der Waals surface area contributed by atoms with Crippen molar-refractivity contribution in [3.05, 3.63) is 255 Å². The Bertz CT molecular complexity index is 2450. The molecule has 0 radical (unpaired) electrons. The number of nitrogens with zero attached hydrogens (tertiary/aromatic N) is 5. The zero-order chi connectivity index (χ0) is 55.1. The van der Waals surface area contributed by atoms with E-state index in [1.165, 1.54) is 97.1 Å². The third-order valence-electron chi connectivity index (χ3n) is 16.0. The molecule has 6 aromatic rings. The van der Waals surface area contributed by atoms with Gasteiger partial charge in [0.1, 0.15) is 18.7 Å². The molecule has 0 amide bonds. The first-order valence-electron chi connectivity index (χ1n) is 29.4. The van der Waals surface area contributed by atoms with Gasteiger partial charge in [-0.25, -0.2) is 0 Å². The van der Waals surface area contributed by atoms with Crippen LogP contribution in [0.3, 0.4) is 0 Å². The second-order valence-corrected chi connectivity index (χ2v) is 24.1. The van der Waals surface area contributed by atoms with Crippen molar-refractivity contribution >= 4 is 28.4 Å². The summed E-state index contributed by atoms with van der Waals surface area (Å²) in [5.41, 5.74) is 5.43. The van der Waals surface area contributed by atoms with Crippen LogP contribution in [0, 0.1) is 25.3 Å². The molecule has 6 nitrogen and oxygen atoms in total. The average Bonchev–Trinajstić information content (AvgIpc) is 4.03. The maximum absolute atomic E-state index is 4.53. The molecule has 5 fully saturated rings. The minimum Gasteiger partial charge on any atom is -0.309 e. The van der Waals surface area contributed by atoms with E-state index < -0.39 is 8.07 Å². The van der Waals surface area contributed by atoms with E-state index in [0.717, 1.165) is 77.3 Å². The van der Waals surface area contributed by atoms with Gasteiger partial charge >= 0.3 is 27.0 Å². The largest absolute Gasteiger partial charge is 0.309 e. The zero-order valence-electron chi connectivity index (χ0n) is 47.2. The summed E-state index contributed by atoms with van der Waals surface area (Å²) in [5, 5.41) is 6.37. The van der Waals surface area contributed by atoms with Gasteiger partial charge < -0.3 is 20.0 Å². The van der Waals surface area contributed by atoms with Gasteiger partial charge in [-0.05, 0) is 104 Å². The van der Waals surface area contributed by atoms with E-state index in [0.29, 0.717) is 18.4 Å². The molecule has 0 bridgehead atoms. The minimum absolute atomic E-state index is 0.371. The van der Waals surface area contributed by atoms with Crippen molar-refractivity contribution in [3.63, 3.8) is 0 Å². The average molecular weight is 1180 g/mol. The van der Waals surface area contributed by atoms with E-state index in [1.54, 1.807) is 0 Å². The van der Waals surface area contributed by atoms with Crippen LogP contribution < -0.4 is 15.9 Å². The molecule has 1 N–H and O–H groups in total. The quantitative estimate of drug-likeness (QED) is 0.0341. The Kier molecular flexibility index (Phi) is 28.5. The normalized spacial score (nSPS) is 19.6. The fourth-order valence-corrected chi connectivity index (χ4v) is 14.5. The van der Waals surface area contributed by atoms with Crippen LogP contribution in [0.5, 0.6) is 0 Å². The van der Waals surface area contributed by atoms with Crippen LogP contribution in [0.15, 0.2) is 219 Å². The van der Waals surface area contributed by atoms with Crippen molar-refractivity contribution in [2.45, 2.75) is 116 Å². The maximum Gasteiger partial charge on any atom is 0.0208 e. The number of fused-ring (bicyclic) bond motifs is 2. The Balaban J connectivity index is 0.000000160. The SMILES string of the molecule is C=C/C=C/C1CCCCC1.CC(/C=C/C1CCCCC1)N(Cc1ccccc1)Cc1ccccc1.[CH2-]N1CCN2CCN3CCN([PH+](c4ccccc4)c4ccccc4)C3[CH-]C12.[Cl][Rh+2].c1ccc(CNCc2ccccc2)cc1. The fraction of sp³-hybridized carbons (Fsp3) is 0.371. The molecule has 11 rings (SSSR count). The zero-order valence-corrected chi connectivity index (χ0v) is 50.6. The smallest absolute Gasteiger partial charge is 0.0208 e. The van der Waals surface area contributed by atoms with Crippen LogP contribution in [0.1, 0.15) is 93.4 Å². The molecular formula is C70H90ClN6PRh+. The second kappa shape index (κ2) is 36.2. The van der Waals surface area contributed by atoms with Crippen molar-refractivity contribution in [2.75, 3.05) is 39.3 Å². The van der Waals surface area contributed by atoms with Crippen LogP contribution in [0.4, 0.5) is 0 Å². The Morgan fingerprint density at radius 2 is 0.949 bits per heavy atom. The first-order chi connectivity index (χ1) is 39.0. The molecule has 3 aliphatic heterocycles. The molecule has 2 aliphatic carbocycles. The summed E-state index contributed by atoms with van der Waals surface area (Å²) >= 11 is 2.02. The van der Waals surface area contributed by atoms with Gasteiger partial charge in [-0.15, -0.1) is 0 Å². The standard InChI is InChI=1S/C24H31N.C22H27N4P.C14H15N.C10H16.ClH.Rh/c1-21(17-18-22-11-5-2-6-12-22)25(19-23-13-7-3-8-14-23)20-24-15-9-4-10-16-24;1-23-12-13-24-14-15-25-16-17-26(22(25)18-21(23)24)27(19-8-4-2-5-9-19)20-10-6-3-7-11-20;1-3-7-13(8-4-1)11-15-12-14-9-5-2-6-10-14;1-2-3-7-10-8-5-4-6-9-10;;/h3-4,7-10,13-18,21-22H,2,5-6,11-12,19-20H2,1H3;2-11,18,21-22H,1,12-17H2;1-10,15H,11-12H2;2-3,7,10H,1,4-6,8-9H2;1H;/q;-2;;;;+3/b18-17+;;;7-3+;;. The summed E-state index contributed by atoms with van der Waals surface area (Å²) in [4.78, 5) is 10.1. The molecule has 3 saturated heterocycles. The van der Waals surface area contributed by atoms with Crippen molar-refractivity contribution < 1.29 is 17.3 Å². The number of allylic oxidation sites excluding steroid dienone is 4.